The number of rotatable bonds is 6. The van der Waals surface area contributed by atoms with Gasteiger partial charge in [-0.25, -0.2) is 14.4 Å². The maximum absolute atomic E-state index is 13.5. The highest BCUT2D eigenvalue weighted by atomic mass is 16.8. The molecule has 2 fully saturated rings. The number of carbonyl (C=O) groups excluding carboxylic acids is 3. The molecule has 1 N–H and O–H groups in total. The van der Waals surface area contributed by atoms with Crippen molar-refractivity contribution in [1.82, 2.24) is 0 Å². The predicted octanol–water partition coefficient (Wildman–Crippen LogP) is 6.59. The Labute approximate surface area is 268 Å². The van der Waals surface area contributed by atoms with E-state index in [0.29, 0.717) is 33.0 Å². The number of carbonyl (C=O) groups is 3. The molecule has 9 heteroatoms. The minimum Gasteiger partial charge on any atom is -0.495 e. The normalized spacial score (nSPS) is 18.9. The Hall–Kier alpha value is -5.51. The Morgan fingerprint density at radius 3 is 1.83 bits per heavy atom. The number of methoxy groups -OCH3 is 1. The first-order chi connectivity index (χ1) is 22.8. The lowest BCUT2D eigenvalue weighted by Gasteiger charge is -2.31. The third-order valence-electron chi connectivity index (χ3n) is 9.04. The Balaban J connectivity index is 1.29. The highest BCUT2D eigenvalue weighted by molar-refractivity contribution is 6.21. The lowest BCUT2D eigenvalue weighted by molar-refractivity contribution is -0.302. The standard InChI is InChI=1S/C38H28O9/c1-19-22-7-3-4-8-23(22)33(37(41)45-30-18-44-36(30)40)25-13-11-20(15-28(19)25)21-12-14-26-29(16-21)35(43-2)27-10-6-5-9-24(27)34(26)38(42)47-32-17-31(39)46-32/h3-16,30-32,39H,17-18H2,1-2H3. The summed E-state index contributed by atoms with van der Waals surface area (Å²) in [6.07, 6.45) is -2.44. The molecular weight excluding hydrogens is 600 g/mol. The van der Waals surface area contributed by atoms with Crippen LogP contribution >= 0.6 is 0 Å². The summed E-state index contributed by atoms with van der Waals surface area (Å²) >= 11 is 0. The van der Waals surface area contributed by atoms with Crippen molar-refractivity contribution in [3.63, 3.8) is 0 Å². The van der Waals surface area contributed by atoms with Crippen molar-refractivity contribution < 1.29 is 43.2 Å². The molecule has 6 aromatic carbocycles. The Morgan fingerprint density at radius 2 is 1.26 bits per heavy atom. The fourth-order valence-electron chi connectivity index (χ4n) is 6.62. The van der Waals surface area contributed by atoms with Crippen molar-refractivity contribution >= 4 is 61.0 Å². The van der Waals surface area contributed by atoms with Crippen LogP contribution in [0.1, 0.15) is 32.7 Å². The number of cyclic esters (lactones) is 1. The monoisotopic (exact) mass is 628 g/mol. The van der Waals surface area contributed by atoms with Crippen LogP contribution in [0.3, 0.4) is 0 Å². The lowest BCUT2D eigenvalue weighted by Crippen LogP contribution is -2.43. The second-order valence-corrected chi connectivity index (χ2v) is 11.7. The molecule has 0 radical (unpaired) electrons. The molecule has 2 aliphatic heterocycles. The van der Waals surface area contributed by atoms with E-state index in [0.717, 1.165) is 43.6 Å². The van der Waals surface area contributed by atoms with E-state index in [1.54, 1.807) is 7.11 Å². The molecule has 6 aromatic rings. The third-order valence-corrected chi connectivity index (χ3v) is 9.04. The van der Waals surface area contributed by atoms with Crippen molar-refractivity contribution in [3.05, 3.63) is 102 Å². The van der Waals surface area contributed by atoms with E-state index < -0.39 is 36.6 Å². The van der Waals surface area contributed by atoms with Crippen LogP contribution in [0.4, 0.5) is 0 Å². The van der Waals surface area contributed by atoms with Crippen LogP contribution in [0, 0.1) is 6.92 Å². The van der Waals surface area contributed by atoms with Gasteiger partial charge in [-0.05, 0) is 57.3 Å². The first kappa shape index (κ1) is 28.9. The van der Waals surface area contributed by atoms with Crippen LogP contribution in [0.2, 0.25) is 0 Å². The number of ether oxygens (including phenoxy) is 5. The first-order valence-corrected chi connectivity index (χ1v) is 15.2. The van der Waals surface area contributed by atoms with Crippen LogP contribution in [0.25, 0.3) is 54.2 Å². The molecule has 2 heterocycles. The number of benzene rings is 6. The Kier molecular flexibility index (Phi) is 6.82. The van der Waals surface area contributed by atoms with E-state index in [1.165, 1.54) is 0 Å². The molecule has 0 aliphatic carbocycles. The zero-order chi connectivity index (χ0) is 32.4. The summed E-state index contributed by atoms with van der Waals surface area (Å²) in [5, 5.41) is 15.5. The maximum Gasteiger partial charge on any atom is 0.351 e. The van der Waals surface area contributed by atoms with Gasteiger partial charge in [0.2, 0.25) is 12.4 Å². The molecule has 234 valence electrons. The smallest absolute Gasteiger partial charge is 0.351 e. The van der Waals surface area contributed by atoms with Crippen molar-refractivity contribution in [3.8, 4) is 16.9 Å². The topological polar surface area (TPSA) is 118 Å². The molecule has 0 bridgehead atoms. The van der Waals surface area contributed by atoms with E-state index in [9.17, 15) is 19.5 Å². The fraction of sp³-hybridized carbons (Fsp3) is 0.184. The molecule has 0 aromatic heterocycles. The molecule has 2 aliphatic rings. The van der Waals surface area contributed by atoms with Crippen molar-refractivity contribution in [2.75, 3.05) is 13.7 Å². The van der Waals surface area contributed by atoms with E-state index in [1.807, 2.05) is 91.9 Å². The molecule has 47 heavy (non-hydrogen) atoms. The highest BCUT2D eigenvalue weighted by Crippen LogP contribution is 2.42. The molecule has 3 unspecified atom stereocenters. The van der Waals surface area contributed by atoms with E-state index in [4.69, 9.17) is 23.7 Å². The van der Waals surface area contributed by atoms with Crippen molar-refractivity contribution in [1.29, 1.82) is 0 Å². The van der Waals surface area contributed by atoms with Crippen LogP contribution in [-0.4, -0.2) is 55.4 Å². The van der Waals surface area contributed by atoms with Crippen LogP contribution in [0.5, 0.6) is 5.75 Å². The van der Waals surface area contributed by atoms with Gasteiger partial charge in [0.25, 0.3) is 0 Å². The predicted molar refractivity (Wildman–Crippen MR) is 174 cm³/mol. The molecule has 3 atom stereocenters. The summed E-state index contributed by atoms with van der Waals surface area (Å²) in [7, 11) is 1.60. The first-order valence-electron chi connectivity index (χ1n) is 15.2. The number of aryl methyl sites for hydroxylation is 1. The van der Waals surface area contributed by atoms with Gasteiger partial charge < -0.3 is 28.8 Å². The number of aliphatic hydroxyl groups is 1. The van der Waals surface area contributed by atoms with Crippen LogP contribution < -0.4 is 4.74 Å². The number of esters is 3. The molecule has 8 rings (SSSR count). The number of aliphatic hydroxyl groups excluding tert-OH is 1. The molecule has 9 nitrogen and oxygen atoms in total. The van der Waals surface area contributed by atoms with Gasteiger partial charge in [0.05, 0.1) is 24.7 Å². The van der Waals surface area contributed by atoms with E-state index in [-0.39, 0.29) is 13.0 Å². The highest BCUT2D eigenvalue weighted by Gasteiger charge is 2.36. The number of hydrogen-bond acceptors (Lipinski definition) is 9. The molecular formula is C38H28O9. The second kappa shape index (κ2) is 11.1. The summed E-state index contributed by atoms with van der Waals surface area (Å²) in [5.41, 5.74) is 3.52. The van der Waals surface area contributed by atoms with Gasteiger partial charge >= 0.3 is 17.9 Å². The fourth-order valence-corrected chi connectivity index (χ4v) is 6.62. The lowest BCUT2D eigenvalue weighted by atomic mass is 9.89. The van der Waals surface area contributed by atoms with Crippen molar-refractivity contribution in [2.45, 2.75) is 32.0 Å². The van der Waals surface area contributed by atoms with Gasteiger partial charge in [-0.15, -0.1) is 0 Å². The zero-order valence-corrected chi connectivity index (χ0v) is 25.4. The van der Waals surface area contributed by atoms with Crippen LogP contribution in [0.15, 0.2) is 84.9 Å². The summed E-state index contributed by atoms with van der Waals surface area (Å²) in [6, 6.07) is 26.8. The number of hydrogen-bond donors (Lipinski definition) is 1. The maximum atomic E-state index is 13.5. The largest absolute Gasteiger partial charge is 0.495 e. The van der Waals surface area contributed by atoms with Gasteiger partial charge in [0.1, 0.15) is 12.4 Å². The van der Waals surface area contributed by atoms with Gasteiger partial charge in [0.15, 0.2) is 6.29 Å². The van der Waals surface area contributed by atoms with Gasteiger partial charge in [-0.3, -0.25) is 0 Å². The Morgan fingerprint density at radius 1 is 0.723 bits per heavy atom. The summed E-state index contributed by atoms with van der Waals surface area (Å²) in [6.45, 7) is 2.07. The van der Waals surface area contributed by atoms with Crippen LogP contribution in [-0.2, 0) is 23.7 Å². The van der Waals surface area contributed by atoms with Gasteiger partial charge in [-0.2, -0.15) is 0 Å². The van der Waals surface area contributed by atoms with E-state index in [2.05, 4.69) is 0 Å². The molecule has 0 amide bonds. The second-order valence-electron chi connectivity index (χ2n) is 11.7. The third kappa shape index (κ3) is 4.66. The minimum atomic E-state index is -0.938. The summed E-state index contributed by atoms with van der Waals surface area (Å²) in [5.74, 6) is -1.07. The average Bonchev–Trinajstić information content (AvgIpc) is 3.07. The molecule has 0 saturated carbocycles. The average molecular weight is 629 g/mol. The SMILES string of the molecule is COc1c2ccccc2c(C(=O)OC2CC(O)O2)c2ccc(-c3ccc4c(C(=O)OC5COC5=O)c5ccccc5c(C)c4c3)cc12. The molecule has 0 spiro atoms. The summed E-state index contributed by atoms with van der Waals surface area (Å²) < 4.78 is 27.0. The van der Waals surface area contributed by atoms with Gasteiger partial charge in [0, 0.05) is 21.5 Å². The Bertz CT molecular complexity index is 2300. The van der Waals surface area contributed by atoms with Gasteiger partial charge in [-0.1, -0.05) is 72.8 Å². The molecule has 2 saturated heterocycles. The van der Waals surface area contributed by atoms with E-state index >= 15 is 0 Å². The minimum absolute atomic E-state index is 0.0497. The van der Waals surface area contributed by atoms with Crippen molar-refractivity contribution in [2.24, 2.45) is 0 Å². The summed E-state index contributed by atoms with van der Waals surface area (Å²) in [4.78, 5) is 38.8. The number of fused-ring (bicyclic) bond motifs is 4. The zero-order valence-electron chi connectivity index (χ0n) is 25.4. The quantitative estimate of drug-likeness (QED) is 0.124.